The maximum absolute atomic E-state index is 15.3. The van der Waals surface area contributed by atoms with Gasteiger partial charge in [0.1, 0.15) is 37.7 Å². The number of fused-ring (bicyclic) bond motifs is 5. The van der Waals surface area contributed by atoms with Crippen LogP contribution in [0.2, 0.25) is 0 Å². The number of esters is 2. The number of nitrogens with zero attached hydrogens (tertiary/aromatic N) is 2. The zero-order chi connectivity index (χ0) is 41.4. The van der Waals surface area contributed by atoms with E-state index in [1.165, 1.54) is 39.0 Å². The fourth-order valence-electron chi connectivity index (χ4n) is 7.71. The Balaban J connectivity index is 1.63. The van der Waals surface area contributed by atoms with Crippen molar-refractivity contribution in [1.82, 2.24) is 9.80 Å². The number of aliphatic hydroxyl groups is 1. The summed E-state index contributed by atoms with van der Waals surface area (Å²) in [5.41, 5.74) is 0.778. The summed E-state index contributed by atoms with van der Waals surface area (Å²) < 4.78 is 45.1. The molecule has 4 atom stereocenters. The smallest absolute Gasteiger partial charge is 0.411 e. The van der Waals surface area contributed by atoms with Crippen LogP contribution in [0.3, 0.4) is 0 Å². The fraction of sp³-hybridized carbons (Fsp3) is 0.436. The maximum atomic E-state index is 15.3. The Kier molecular flexibility index (Phi) is 12.3. The van der Waals surface area contributed by atoms with Crippen LogP contribution in [-0.2, 0) is 41.6 Å². The molecule has 3 heterocycles. The van der Waals surface area contributed by atoms with Crippen molar-refractivity contribution in [2.24, 2.45) is 0 Å². The van der Waals surface area contributed by atoms with Gasteiger partial charge in [0.05, 0.1) is 19.8 Å². The molecule has 3 aliphatic rings. The molecule has 2 bridgehead atoms. The van der Waals surface area contributed by atoms with E-state index in [1.807, 2.05) is 43.3 Å². The zero-order valence-electron chi connectivity index (χ0n) is 31.9. The predicted octanol–water partition coefficient (Wildman–Crippen LogP) is 5.80. The average Bonchev–Trinajstić information content (AvgIpc) is 3.66. The van der Waals surface area contributed by atoms with E-state index in [4.69, 9.17) is 72.7 Å². The van der Waals surface area contributed by atoms with Crippen molar-refractivity contribution in [3.05, 3.63) is 75.8 Å². The molecule has 306 valence electrons. The van der Waals surface area contributed by atoms with Crippen molar-refractivity contribution in [3.63, 3.8) is 0 Å². The third-order valence-electron chi connectivity index (χ3n) is 10.0. The van der Waals surface area contributed by atoms with E-state index in [2.05, 4.69) is 0 Å². The van der Waals surface area contributed by atoms with Crippen molar-refractivity contribution in [2.75, 3.05) is 40.8 Å². The molecule has 1 saturated heterocycles. The van der Waals surface area contributed by atoms with E-state index in [1.54, 1.807) is 6.92 Å². The number of aryl methyl sites for hydroxylation is 1. The number of benzene rings is 3. The zero-order valence-corrected chi connectivity index (χ0v) is 34.2. The summed E-state index contributed by atoms with van der Waals surface area (Å²) in [6.07, 6.45) is -1.16. The Bertz CT molecular complexity index is 2060. The lowest BCUT2D eigenvalue weighted by Crippen LogP contribution is -2.75. The summed E-state index contributed by atoms with van der Waals surface area (Å²) in [5.74, 6) is -1.13. The normalized spacial score (nSPS) is 20.1. The summed E-state index contributed by atoms with van der Waals surface area (Å²) in [7, 11) is 2.71. The first-order chi connectivity index (χ1) is 27.1. The number of carbonyl (C=O) groups is 4. The van der Waals surface area contributed by atoms with Crippen LogP contribution >= 0.6 is 34.8 Å². The number of piperazine rings is 1. The van der Waals surface area contributed by atoms with Gasteiger partial charge in [0.2, 0.25) is 16.5 Å². The van der Waals surface area contributed by atoms with Gasteiger partial charge < -0.3 is 43.0 Å². The lowest BCUT2D eigenvalue weighted by atomic mass is 9.76. The second kappa shape index (κ2) is 16.7. The summed E-state index contributed by atoms with van der Waals surface area (Å²) in [6.45, 7) is 3.56. The van der Waals surface area contributed by atoms with Crippen molar-refractivity contribution in [2.45, 2.75) is 68.4 Å². The Morgan fingerprint density at radius 2 is 1.70 bits per heavy atom. The highest BCUT2D eigenvalue weighted by molar-refractivity contribution is 6.67. The minimum Gasteiger partial charge on any atom is -0.493 e. The molecule has 57 heavy (non-hydrogen) atoms. The highest BCUT2D eigenvalue weighted by Gasteiger charge is 2.65. The highest BCUT2D eigenvalue weighted by Crippen LogP contribution is 2.57. The van der Waals surface area contributed by atoms with Gasteiger partial charge in [-0.15, -0.1) is 0 Å². The van der Waals surface area contributed by atoms with Crippen LogP contribution in [0.1, 0.15) is 59.3 Å². The number of hydrogen-bond donors (Lipinski definition) is 1. The molecular formula is C39H41Cl3N2O13. The monoisotopic (exact) mass is 850 g/mol. The molecule has 15 nitrogen and oxygen atoms in total. The fourth-order valence-corrected chi connectivity index (χ4v) is 7.88. The van der Waals surface area contributed by atoms with Crippen LogP contribution < -0.4 is 23.7 Å². The molecule has 0 unspecified atom stereocenters. The molecule has 2 amide bonds. The Hall–Kier alpha value is -4.67. The highest BCUT2D eigenvalue weighted by atomic mass is 35.6. The third-order valence-corrected chi connectivity index (χ3v) is 10.4. The lowest BCUT2D eigenvalue weighted by molar-refractivity contribution is -0.245. The maximum Gasteiger partial charge on any atom is 0.411 e. The van der Waals surface area contributed by atoms with Crippen LogP contribution in [0, 0.1) is 13.8 Å². The number of halogens is 3. The van der Waals surface area contributed by atoms with E-state index in [-0.39, 0.29) is 48.4 Å². The first kappa shape index (κ1) is 41.9. The van der Waals surface area contributed by atoms with Crippen LogP contribution in [0.25, 0.3) is 0 Å². The molecule has 1 fully saturated rings. The van der Waals surface area contributed by atoms with E-state index >= 15 is 4.79 Å². The number of rotatable bonds is 12. The molecule has 6 rings (SSSR count). The van der Waals surface area contributed by atoms with Gasteiger partial charge in [-0.2, -0.15) is 0 Å². The van der Waals surface area contributed by atoms with Gasteiger partial charge >= 0.3 is 18.0 Å². The molecule has 3 aliphatic heterocycles. The average molecular weight is 852 g/mol. The number of ether oxygens (including phenoxy) is 8. The number of hydrogen-bond acceptors (Lipinski definition) is 13. The molecule has 3 aromatic rings. The van der Waals surface area contributed by atoms with Crippen molar-refractivity contribution >= 4 is 58.7 Å². The van der Waals surface area contributed by atoms with E-state index < -0.39 is 71.4 Å². The Morgan fingerprint density at radius 3 is 2.32 bits per heavy atom. The minimum absolute atomic E-state index is 0.0591. The summed E-state index contributed by atoms with van der Waals surface area (Å²) in [5, 5.41) is 11.7. The molecule has 0 aromatic heterocycles. The van der Waals surface area contributed by atoms with Crippen molar-refractivity contribution in [1.29, 1.82) is 0 Å². The third kappa shape index (κ3) is 7.95. The quantitative estimate of drug-likeness (QED) is 0.132. The molecule has 0 saturated carbocycles. The topological polar surface area (TPSA) is 169 Å². The molecule has 0 radical (unpaired) electrons. The summed E-state index contributed by atoms with van der Waals surface area (Å²) in [6, 6.07) is 8.51. The molecule has 3 aromatic carbocycles. The van der Waals surface area contributed by atoms with Crippen LogP contribution in [0.4, 0.5) is 4.79 Å². The van der Waals surface area contributed by atoms with E-state index in [0.29, 0.717) is 28.0 Å². The van der Waals surface area contributed by atoms with Gasteiger partial charge in [0, 0.05) is 44.1 Å². The van der Waals surface area contributed by atoms with Gasteiger partial charge in [0.25, 0.3) is 0 Å². The minimum atomic E-state index is -2.21. The molecule has 18 heteroatoms. The second-order valence-corrected chi connectivity index (χ2v) is 16.1. The molecule has 0 spiro atoms. The van der Waals surface area contributed by atoms with Gasteiger partial charge in [-0.1, -0.05) is 71.2 Å². The number of amides is 2. The predicted molar refractivity (Wildman–Crippen MR) is 204 cm³/mol. The number of aliphatic hydroxyl groups excluding tert-OH is 1. The van der Waals surface area contributed by atoms with E-state index in [9.17, 15) is 19.5 Å². The number of alkyl halides is 3. The summed E-state index contributed by atoms with van der Waals surface area (Å²) in [4.78, 5) is 56.7. The Labute approximate surface area is 343 Å². The van der Waals surface area contributed by atoms with Crippen LogP contribution in [0.5, 0.6) is 28.7 Å². The van der Waals surface area contributed by atoms with E-state index in [0.717, 1.165) is 10.5 Å². The lowest BCUT2D eigenvalue weighted by Gasteiger charge is -2.60. The first-order valence-corrected chi connectivity index (χ1v) is 18.8. The standard InChI is InChI=1S/C39H41Cl3N2O13/c1-20-12-25-13-27-36(48)44(28(16-52-22(3)46)26-14-29(57-23(4)47)21(2)32-33(26)56-19-55-32)38(17-45,51-6)35(43(27)37(49)54-18-39(40,41)42)30(25)34(31(20)50-5)53-15-24-10-8-7-9-11-24/h7-12,14,27-28,35,45H,13,15-19H2,1-6H3/t27-,28-,35+,38+/m0/s1. The Morgan fingerprint density at radius 1 is 1.00 bits per heavy atom. The van der Waals surface area contributed by atoms with Gasteiger partial charge in [-0.05, 0) is 36.6 Å². The largest absolute Gasteiger partial charge is 0.493 e. The second-order valence-electron chi connectivity index (χ2n) is 13.6. The van der Waals surface area contributed by atoms with Gasteiger partial charge in [0.15, 0.2) is 28.7 Å². The number of carbonyl (C=O) groups excluding carboxylic acids is 4. The first-order valence-electron chi connectivity index (χ1n) is 17.7. The number of methoxy groups -OCH3 is 2. The van der Waals surface area contributed by atoms with Gasteiger partial charge in [-0.3, -0.25) is 24.2 Å². The SMILES string of the molecule is COc1c(C)cc2c(c1OCc1ccccc1)[C@H]1N(C(=O)OCC(Cl)(Cl)Cl)[C@@H](C2)C(=O)N([C@@H](COC(C)=O)c2cc(OC(C)=O)c(C)c3c2OCO3)[C@]1(CO)OC. The molecule has 0 aliphatic carbocycles. The molecule has 1 N–H and O–H groups in total. The van der Waals surface area contributed by atoms with Crippen molar-refractivity contribution in [3.8, 4) is 28.7 Å². The molecular weight excluding hydrogens is 811 g/mol. The van der Waals surface area contributed by atoms with Crippen LogP contribution in [-0.4, -0.2) is 95.2 Å². The van der Waals surface area contributed by atoms with Crippen LogP contribution in [0.15, 0.2) is 42.5 Å². The van der Waals surface area contributed by atoms with Crippen molar-refractivity contribution < 1.29 is 62.2 Å². The van der Waals surface area contributed by atoms with Gasteiger partial charge in [-0.25, -0.2) is 4.79 Å². The summed E-state index contributed by atoms with van der Waals surface area (Å²) >= 11 is 18.0.